The number of benzene rings is 11. The number of fused-ring (bicyclic) bond motifs is 7. The van der Waals surface area contributed by atoms with Gasteiger partial charge in [-0.05, 0) is 132 Å². The molecule has 0 fully saturated rings. The molecule has 1 aromatic heterocycles. The van der Waals surface area contributed by atoms with E-state index >= 15 is 0 Å². The van der Waals surface area contributed by atoms with Gasteiger partial charge in [0.25, 0.3) is 0 Å². The van der Waals surface area contributed by atoms with Gasteiger partial charge in [-0.3, -0.25) is 0 Å². The molecular formula is C60H39NO. The zero-order valence-electron chi connectivity index (χ0n) is 33.9. The van der Waals surface area contributed by atoms with E-state index in [9.17, 15) is 0 Å². The van der Waals surface area contributed by atoms with Crippen LogP contribution in [0.2, 0.25) is 0 Å². The highest BCUT2D eigenvalue weighted by atomic mass is 16.3. The molecule has 0 atom stereocenters. The van der Waals surface area contributed by atoms with Crippen molar-refractivity contribution in [2.75, 3.05) is 4.90 Å². The molecule has 0 spiro atoms. The molecule has 0 N–H and O–H groups in total. The Morgan fingerprint density at radius 3 is 1.48 bits per heavy atom. The molecule has 290 valence electrons. The molecule has 1 heterocycles. The summed E-state index contributed by atoms with van der Waals surface area (Å²) in [5, 5.41) is 9.58. The van der Waals surface area contributed by atoms with Crippen molar-refractivity contribution in [2.45, 2.75) is 0 Å². The van der Waals surface area contributed by atoms with Gasteiger partial charge < -0.3 is 9.32 Å². The first-order chi connectivity index (χ1) is 30.7. The fourth-order valence-electron chi connectivity index (χ4n) is 9.35. The number of hydrogen-bond acceptors (Lipinski definition) is 2. The summed E-state index contributed by atoms with van der Waals surface area (Å²) in [7, 11) is 0. The van der Waals surface area contributed by atoms with Crippen LogP contribution in [0.5, 0.6) is 0 Å². The zero-order valence-corrected chi connectivity index (χ0v) is 33.9. The minimum Gasteiger partial charge on any atom is -0.455 e. The van der Waals surface area contributed by atoms with Crippen LogP contribution in [-0.2, 0) is 0 Å². The quantitative estimate of drug-likeness (QED) is 0.160. The molecule has 0 aliphatic heterocycles. The summed E-state index contributed by atoms with van der Waals surface area (Å²) in [6.45, 7) is 0. The van der Waals surface area contributed by atoms with Crippen LogP contribution < -0.4 is 4.90 Å². The average molecular weight is 790 g/mol. The highest BCUT2D eigenvalue weighted by molar-refractivity contribution is 6.19. The largest absolute Gasteiger partial charge is 0.455 e. The van der Waals surface area contributed by atoms with Crippen LogP contribution in [0.15, 0.2) is 241 Å². The highest BCUT2D eigenvalue weighted by Crippen LogP contribution is 2.42. The SMILES string of the molecule is c1cc(-c2ccc(N(c3ccc(-c4cccc5ccccc45)cc3)c3ccc(-c4cccc5oc6c7ccccc7ccc6c45)cc3)cc2)cc(-c2ccc3ccccc3c2)c1. The van der Waals surface area contributed by atoms with E-state index in [1.807, 2.05) is 0 Å². The van der Waals surface area contributed by atoms with Crippen LogP contribution in [0.25, 0.3) is 98.8 Å². The van der Waals surface area contributed by atoms with Gasteiger partial charge >= 0.3 is 0 Å². The smallest absolute Gasteiger partial charge is 0.143 e. The molecule has 0 amide bonds. The van der Waals surface area contributed by atoms with Crippen molar-refractivity contribution in [2.24, 2.45) is 0 Å². The Morgan fingerprint density at radius 2 is 0.758 bits per heavy atom. The summed E-state index contributed by atoms with van der Waals surface area (Å²) in [6, 6.07) is 85.4. The van der Waals surface area contributed by atoms with Crippen LogP contribution in [-0.4, -0.2) is 0 Å². The van der Waals surface area contributed by atoms with Gasteiger partial charge in [-0.1, -0.05) is 176 Å². The lowest BCUT2D eigenvalue weighted by molar-refractivity contribution is 0.673. The summed E-state index contributed by atoms with van der Waals surface area (Å²) < 4.78 is 6.55. The molecule has 12 rings (SSSR count). The van der Waals surface area contributed by atoms with Gasteiger partial charge in [-0.2, -0.15) is 0 Å². The number of hydrogen-bond donors (Lipinski definition) is 0. The van der Waals surface area contributed by atoms with Crippen molar-refractivity contribution in [1.82, 2.24) is 0 Å². The van der Waals surface area contributed by atoms with Gasteiger partial charge in [0.05, 0.1) is 0 Å². The molecule has 12 aromatic rings. The number of nitrogens with zero attached hydrogens (tertiary/aromatic N) is 1. The summed E-state index contributed by atoms with van der Waals surface area (Å²) in [6.07, 6.45) is 0. The Morgan fingerprint density at radius 1 is 0.274 bits per heavy atom. The summed E-state index contributed by atoms with van der Waals surface area (Å²) in [5.41, 5.74) is 14.6. The normalized spacial score (nSPS) is 11.5. The Hall–Kier alpha value is -8.20. The van der Waals surface area contributed by atoms with Gasteiger partial charge in [-0.15, -0.1) is 0 Å². The van der Waals surface area contributed by atoms with E-state index in [1.165, 1.54) is 60.3 Å². The summed E-state index contributed by atoms with van der Waals surface area (Å²) in [5.74, 6) is 0. The van der Waals surface area contributed by atoms with E-state index in [0.29, 0.717) is 0 Å². The standard InChI is InChI=1S/C60H39NO/c1-2-13-46-39-49(23-22-40(46)10-1)48-16-7-15-47(38-48)41-24-31-50(32-25-41)61(51-33-26-44(27-34-51)54-19-8-14-42-11-3-5-17-53(42)54)52-35-28-45(29-36-52)55-20-9-21-58-59(55)57-37-30-43-12-4-6-18-56(43)60(57)62-58/h1-39H. The zero-order chi connectivity index (χ0) is 41.0. The first-order valence-electron chi connectivity index (χ1n) is 21.2. The van der Waals surface area contributed by atoms with E-state index in [4.69, 9.17) is 4.42 Å². The Kier molecular flexibility index (Phi) is 8.53. The van der Waals surface area contributed by atoms with Gasteiger partial charge in [-0.25, -0.2) is 0 Å². The maximum absolute atomic E-state index is 6.55. The van der Waals surface area contributed by atoms with E-state index < -0.39 is 0 Å². The van der Waals surface area contributed by atoms with Gasteiger partial charge in [0.2, 0.25) is 0 Å². The Bertz CT molecular complexity index is 3610. The molecule has 62 heavy (non-hydrogen) atoms. The lowest BCUT2D eigenvalue weighted by Crippen LogP contribution is -2.09. The Balaban J connectivity index is 0.929. The second kappa shape index (κ2) is 14.8. The lowest BCUT2D eigenvalue weighted by Gasteiger charge is -2.26. The van der Waals surface area contributed by atoms with Crippen molar-refractivity contribution >= 4 is 71.3 Å². The minimum absolute atomic E-state index is 0.897. The maximum atomic E-state index is 6.55. The van der Waals surface area contributed by atoms with Crippen LogP contribution >= 0.6 is 0 Å². The van der Waals surface area contributed by atoms with E-state index in [2.05, 4.69) is 241 Å². The fraction of sp³-hybridized carbons (Fsp3) is 0. The van der Waals surface area contributed by atoms with Crippen molar-refractivity contribution in [3.05, 3.63) is 237 Å². The molecule has 0 aliphatic rings. The van der Waals surface area contributed by atoms with E-state index in [-0.39, 0.29) is 0 Å². The average Bonchev–Trinajstić information content (AvgIpc) is 3.74. The molecule has 2 nitrogen and oxygen atoms in total. The minimum atomic E-state index is 0.897. The maximum Gasteiger partial charge on any atom is 0.143 e. The third-order valence-corrected chi connectivity index (χ3v) is 12.5. The van der Waals surface area contributed by atoms with E-state index in [1.54, 1.807) is 0 Å². The molecule has 11 aromatic carbocycles. The van der Waals surface area contributed by atoms with Crippen molar-refractivity contribution in [1.29, 1.82) is 0 Å². The second-order valence-corrected chi connectivity index (χ2v) is 16.1. The first-order valence-corrected chi connectivity index (χ1v) is 21.2. The van der Waals surface area contributed by atoms with Crippen molar-refractivity contribution < 1.29 is 4.42 Å². The molecule has 0 aliphatic carbocycles. The molecule has 0 unspecified atom stereocenters. The molecule has 0 saturated carbocycles. The van der Waals surface area contributed by atoms with Crippen LogP contribution in [0.4, 0.5) is 17.1 Å². The second-order valence-electron chi connectivity index (χ2n) is 16.1. The predicted octanol–water partition coefficient (Wildman–Crippen LogP) is 17.2. The van der Waals surface area contributed by atoms with Crippen LogP contribution in [0.3, 0.4) is 0 Å². The van der Waals surface area contributed by atoms with Crippen LogP contribution in [0.1, 0.15) is 0 Å². The third-order valence-electron chi connectivity index (χ3n) is 12.5. The van der Waals surface area contributed by atoms with Crippen LogP contribution in [0, 0.1) is 0 Å². The third kappa shape index (κ3) is 6.20. The van der Waals surface area contributed by atoms with Crippen molar-refractivity contribution in [3.63, 3.8) is 0 Å². The molecule has 0 radical (unpaired) electrons. The van der Waals surface area contributed by atoms with Gasteiger partial charge in [0, 0.05) is 33.2 Å². The fourth-order valence-corrected chi connectivity index (χ4v) is 9.35. The monoisotopic (exact) mass is 789 g/mol. The highest BCUT2D eigenvalue weighted by Gasteiger charge is 2.17. The van der Waals surface area contributed by atoms with Crippen molar-refractivity contribution in [3.8, 4) is 44.5 Å². The molecule has 0 bridgehead atoms. The van der Waals surface area contributed by atoms with Gasteiger partial charge in [0.15, 0.2) is 0 Å². The number of rotatable bonds is 7. The van der Waals surface area contributed by atoms with Gasteiger partial charge in [0.1, 0.15) is 11.2 Å². The number of anilines is 3. The Labute approximate surface area is 360 Å². The first kappa shape index (κ1) is 35.7. The molecule has 2 heteroatoms. The topological polar surface area (TPSA) is 16.4 Å². The molecule has 0 saturated heterocycles. The summed E-state index contributed by atoms with van der Waals surface area (Å²) in [4.78, 5) is 2.35. The van der Waals surface area contributed by atoms with E-state index in [0.717, 1.165) is 55.5 Å². The molecular weight excluding hydrogens is 751 g/mol. The number of furan rings is 1. The lowest BCUT2D eigenvalue weighted by atomic mass is 9.96. The predicted molar refractivity (Wildman–Crippen MR) is 263 cm³/mol. The summed E-state index contributed by atoms with van der Waals surface area (Å²) >= 11 is 0.